The smallest absolute Gasteiger partial charge is 0.201 e. The van der Waals surface area contributed by atoms with Crippen LogP contribution < -0.4 is 5.73 Å². The summed E-state index contributed by atoms with van der Waals surface area (Å²) >= 11 is 0. The maximum absolute atomic E-state index is 5.98. The van der Waals surface area contributed by atoms with Gasteiger partial charge in [0.15, 0.2) is 0 Å². The minimum Gasteiger partial charge on any atom is -0.369 e. The number of aromatic nitrogens is 2. The van der Waals surface area contributed by atoms with Crippen LogP contribution in [0, 0.1) is 5.92 Å². The van der Waals surface area contributed by atoms with Crippen molar-refractivity contribution in [3.05, 3.63) is 24.3 Å². The predicted octanol–water partition coefficient (Wildman–Crippen LogP) is 3.23. The maximum Gasteiger partial charge on any atom is 0.201 e. The van der Waals surface area contributed by atoms with Gasteiger partial charge in [0, 0.05) is 6.04 Å². The van der Waals surface area contributed by atoms with Crippen LogP contribution in [0.1, 0.15) is 33.2 Å². The summed E-state index contributed by atoms with van der Waals surface area (Å²) in [5, 5.41) is 0. The van der Waals surface area contributed by atoms with Crippen molar-refractivity contribution in [3.8, 4) is 0 Å². The molecule has 2 N–H and O–H groups in total. The molecule has 3 nitrogen and oxygen atoms in total. The Labute approximate surface area is 96.3 Å². The molecule has 1 unspecified atom stereocenters. The Hall–Kier alpha value is -1.51. The number of hydrogen-bond acceptors (Lipinski definition) is 2. The van der Waals surface area contributed by atoms with E-state index >= 15 is 0 Å². The zero-order valence-corrected chi connectivity index (χ0v) is 10.1. The summed E-state index contributed by atoms with van der Waals surface area (Å²) in [7, 11) is 0. The molecule has 16 heavy (non-hydrogen) atoms. The summed E-state index contributed by atoms with van der Waals surface area (Å²) in [4.78, 5) is 4.38. The summed E-state index contributed by atoms with van der Waals surface area (Å²) in [6.07, 6.45) is 1.12. The molecule has 2 aromatic rings. The second-order valence-electron chi connectivity index (χ2n) is 4.81. The van der Waals surface area contributed by atoms with Gasteiger partial charge in [-0.2, -0.15) is 0 Å². The Balaban J connectivity index is 2.46. The van der Waals surface area contributed by atoms with Gasteiger partial charge in [-0.3, -0.25) is 0 Å². The number of imidazole rings is 1. The van der Waals surface area contributed by atoms with E-state index in [1.807, 2.05) is 18.2 Å². The van der Waals surface area contributed by atoms with Crippen molar-refractivity contribution in [1.29, 1.82) is 0 Å². The first-order valence-electron chi connectivity index (χ1n) is 5.82. The number of hydrogen-bond donors (Lipinski definition) is 1. The molecule has 86 valence electrons. The van der Waals surface area contributed by atoms with Crippen LogP contribution in [0.2, 0.25) is 0 Å². The monoisotopic (exact) mass is 217 g/mol. The number of anilines is 1. The quantitative estimate of drug-likeness (QED) is 0.857. The Morgan fingerprint density at radius 2 is 1.94 bits per heavy atom. The first-order chi connectivity index (χ1) is 7.59. The Bertz CT molecular complexity index is 485. The van der Waals surface area contributed by atoms with Crippen molar-refractivity contribution in [2.75, 3.05) is 5.73 Å². The van der Waals surface area contributed by atoms with Gasteiger partial charge in [0.05, 0.1) is 11.0 Å². The van der Waals surface area contributed by atoms with Gasteiger partial charge in [-0.15, -0.1) is 0 Å². The molecule has 1 heterocycles. The van der Waals surface area contributed by atoms with E-state index in [0.717, 1.165) is 17.5 Å². The fraction of sp³-hybridized carbons (Fsp3) is 0.462. The molecular weight excluding hydrogens is 198 g/mol. The van der Waals surface area contributed by atoms with Crippen LogP contribution >= 0.6 is 0 Å². The number of nitrogens with two attached hydrogens (primary N) is 1. The number of benzene rings is 1. The molecule has 0 bridgehead atoms. The minimum atomic E-state index is 0.396. The highest BCUT2D eigenvalue weighted by atomic mass is 15.2. The number of fused-ring (bicyclic) bond motifs is 1. The Morgan fingerprint density at radius 3 is 2.62 bits per heavy atom. The topological polar surface area (TPSA) is 43.8 Å². The van der Waals surface area contributed by atoms with Gasteiger partial charge >= 0.3 is 0 Å². The van der Waals surface area contributed by atoms with Crippen LogP contribution in [-0.4, -0.2) is 9.55 Å². The normalized spacial score (nSPS) is 13.5. The van der Waals surface area contributed by atoms with E-state index in [1.165, 1.54) is 0 Å². The molecule has 0 saturated heterocycles. The van der Waals surface area contributed by atoms with E-state index in [-0.39, 0.29) is 0 Å². The lowest BCUT2D eigenvalue weighted by Gasteiger charge is -2.17. The predicted molar refractivity (Wildman–Crippen MR) is 68.3 cm³/mol. The van der Waals surface area contributed by atoms with Crippen LogP contribution in [0.25, 0.3) is 11.0 Å². The van der Waals surface area contributed by atoms with Crippen LogP contribution in [0.3, 0.4) is 0 Å². The lowest BCUT2D eigenvalue weighted by Crippen LogP contribution is -2.10. The second-order valence-corrected chi connectivity index (χ2v) is 4.81. The lowest BCUT2D eigenvalue weighted by atomic mass is 10.1. The van der Waals surface area contributed by atoms with E-state index in [4.69, 9.17) is 5.73 Å². The average Bonchev–Trinajstić information content (AvgIpc) is 2.52. The highest BCUT2D eigenvalue weighted by Crippen LogP contribution is 2.26. The largest absolute Gasteiger partial charge is 0.369 e. The number of nitrogen functional groups attached to an aromatic ring is 1. The van der Waals surface area contributed by atoms with Gasteiger partial charge in [0.2, 0.25) is 5.95 Å². The third kappa shape index (κ3) is 1.90. The van der Waals surface area contributed by atoms with Crippen molar-refractivity contribution in [2.45, 2.75) is 33.2 Å². The fourth-order valence-electron chi connectivity index (χ4n) is 2.31. The molecule has 0 fully saturated rings. The van der Waals surface area contributed by atoms with Crippen LogP contribution in [0.5, 0.6) is 0 Å². The third-order valence-electron chi connectivity index (χ3n) is 2.88. The summed E-state index contributed by atoms with van der Waals surface area (Å²) in [5.41, 5.74) is 8.10. The summed E-state index contributed by atoms with van der Waals surface area (Å²) in [6, 6.07) is 8.50. The van der Waals surface area contributed by atoms with E-state index in [1.54, 1.807) is 0 Å². The summed E-state index contributed by atoms with van der Waals surface area (Å²) in [6.45, 7) is 6.65. The molecule has 2 rings (SSSR count). The van der Waals surface area contributed by atoms with E-state index in [2.05, 4.69) is 36.4 Å². The first-order valence-corrected chi connectivity index (χ1v) is 5.82. The second kappa shape index (κ2) is 4.16. The highest BCUT2D eigenvalue weighted by molar-refractivity contribution is 5.78. The summed E-state index contributed by atoms with van der Waals surface area (Å²) in [5.74, 6) is 1.28. The molecule has 0 spiro atoms. The van der Waals surface area contributed by atoms with Crippen LogP contribution in [-0.2, 0) is 0 Å². The minimum absolute atomic E-state index is 0.396. The van der Waals surface area contributed by atoms with Crippen LogP contribution in [0.4, 0.5) is 5.95 Å². The van der Waals surface area contributed by atoms with Gasteiger partial charge in [-0.05, 0) is 31.4 Å². The van der Waals surface area contributed by atoms with Crippen LogP contribution in [0.15, 0.2) is 24.3 Å². The van der Waals surface area contributed by atoms with Gasteiger partial charge in [0.1, 0.15) is 0 Å². The molecular formula is C13H19N3. The SMILES string of the molecule is CC(C)CC(C)n1c(N)nc2ccccc21. The Kier molecular flexibility index (Phi) is 2.86. The van der Waals surface area contributed by atoms with Gasteiger partial charge in [0.25, 0.3) is 0 Å². The molecule has 1 aromatic carbocycles. The lowest BCUT2D eigenvalue weighted by molar-refractivity contribution is 0.439. The third-order valence-corrected chi connectivity index (χ3v) is 2.88. The van der Waals surface area contributed by atoms with E-state index < -0.39 is 0 Å². The van der Waals surface area contributed by atoms with Crippen molar-refractivity contribution in [1.82, 2.24) is 9.55 Å². The molecule has 1 atom stereocenters. The maximum atomic E-state index is 5.98. The zero-order valence-electron chi connectivity index (χ0n) is 10.1. The molecule has 0 saturated carbocycles. The van der Waals surface area contributed by atoms with Gasteiger partial charge in [-0.25, -0.2) is 4.98 Å². The molecule has 0 radical (unpaired) electrons. The average molecular weight is 217 g/mol. The zero-order chi connectivity index (χ0) is 11.7. The number of para-hydroxylation sites is 2. The van der Waals surface area contributed by atoms with Crippen molar-refractivity contribution >= 4 is 17.0 Å². The highest BCUT2D eigenvalue weighted by Gasteiger charge is 2.14. The van der Waals surface area contributed by atoms with Crippen molar-refractivity contribution in [2.24, 2.45) is 5.92 Å². The molecule has 0 amide bonds. The molecule has 3 heteroatoms. The van der Waals surface area contributed by atoms with Crippen molar-refractivity contribution in [3.63, 3.8) is 0 Å². The molecule has 0 aliphatic heterocycles. The van der Waals surface area contributed by atoms with E-state index in [9.17, 15) is 0 Å². The van der Waals surface area contributed by atoms with Crippen molar-refractivity contribution < 1.29 is 0 Å². The molecule has 0 aliphatic carbocycles. The fourth-order valence-corrected chi connectivity index (χ4v) is 2.31. The number of nitrogens with zero attached hydrogens (tertiary/aromatic N) is 2. The molecule has 0 aliphatic rings. The Morgan fingerprint density at radius 1 is 1.25 bits per heavy atom. The first kappa shape index (κ1) is 11.0. The molecule has 1 aromatic heterocycles. The van der Waals surface area contributed by atoms with Gasteiger partial charge in [-0.1, -0.05) is 26.0 Å². The standard InChI is InChI=1S/C13H19N3/c1-9(2)8-10(3)16-12-7-5-4-6-11(12)15-13(16)14/h4-7,9-10H,8H2,1-3H3,(H2,14,15). The van der Waals surface area contributed by atoms with Gasteiger partial charge < -0.3 is 10.3 Å². The van der Waals surface area contributed by atoms with E-state index in [0.29, 0.717) is 17.9 Å². The summed E-state index contributed by atoms with van der Waals surface area (Å²) < 4.78 is 2.13. The number of rotatable bonds is 3.